The maximum absolute atomic E-state index is 13.4. The Balaban J connectivity index is 0.00000450. The van der Waals surface area contributed by atoms with Crippen LogP contribution in [0.25, 0.3) is 0 Å². The van der Waals surface area contributed by atoms with E-state index in [1.807, 2.05) is 19.4 Å². The summed E-state index contributed by atoms with van der Waals surface area (Å²) >= 11 is 1.63. The van der Waals surface area contributed by atoms with Crippen molar-refractivity contribution in [1.82, 2.24) is 10.2 Å². The number of benzene rings is 2. The van der Waals surface area contributed by atoms with E-state index < -0.39 is 29.4 Å². The van der Waals surface area contributed by atoms with E-state index in [-0.39, 0.29) is 36.1 Å². The maximum atomic E-state index is 13.4. The number of amides is 1. The molecule has 0 radical (unpaired) electrons. The van der Waals surface area contributed by atoms with Crippen molar-refractivity contribution in [2.24, 2.45) is 5.73 Å². The first kappa shape index (κ1) is 28.9. The fraction of sp³-hybridized carbons (Fsp3) is 0.263. The van der Waals surface area contributed by atoms with Crippen LogP contribution in [0.5, 0.6) is 11.5 Å². The number of guanidine groups is 1. The Morgan fingerprint density at radius 3 is 2.29 bits per heavy atom. The predicted octanol–water partition coefficient (Wildman–Crippen LogP) is 4.62. The topological polar surface area (TPSA) is 91.4 Å². The first-order valence-corrected chi connectivity index (χ1v) is 9.47. The van der Waals surface area contributed by atoms with Gasteiger partial charge in [-0.1, -0.05) is 0 Å². The van der Waals surface area contributed by atoms with Crippen LogP contribution in [-0.4, -0.2) is 43.2 Å². The molecule has 1 amide bonds. The fourth-order valence-electron chi connectivity index (χ4n) is 2.25. The zero-order valence-electron chi connectivity index (χ0n) is 16.7. The number of halogens is 5. The molecule has 12 heteroatoms. The van der Waals surface area contributed by atoms with Gasteiger partial charge in [-0.05, 0) is 56.6 Å². The third-order valence-electron chi connectivity index (χ3n) is 3.65. The van der Waals surface area contributed by atoms with Crippen LogP contribution in [0.2, 0.25) is 0 Å². The molecule has 0 unspecified atom stereocenters. The molecule has 0 fully saturated rings. The van der Waals surface area contributed by atoms with Gasteiger partial charge in [-0.25, -0.2) is 0 Å². The Labute approximate surface area is 195 Å². The zero-order chi connectivity index (χ0) is 21.6. The van der Waals surface area contributed by atoms with Crippen molar-refractivity contribution >= 4 is 48.4 Å². The number of hydrogen-bond acceptors (Lipinski definition) is 5. The maximum Gasteiger partial charge on any atom is 0.420 e. The molecule has 2 aromatic carbocycles. The molecule has 172 valence electrons. The third-order valence-corrected chi connectivity index (χ3v) is 4.65. The van der Waals surface area contributed by atoms with Crippen LogP contribution in [0.4, 0.5) is 13.2 Å². The molecule has 2 rings (SSSR count). The molecule has 31 heavy (non-hydrogen) atoms. The summed E-state index contributed by atoms with van der Waals surface area (Å²) in [6.07, 6.45) is -4.73. The first-order valence-electron chi connectivity index (χ1n) is 8.48. The van der Waals surface area contributed by atoms with Gasteiger partial charge in [0.25, 0.3) is 5.91 Å². The number of carbonyl (C=O) groups is 1. The molecule has 0 aromatic heterocycles. The van der Waals surface area contributed by atoms with Gasteiger partial charge < -0.3 is 15.4 Å². The molecule has 4 N–H and O–H groups in total. The molecule has 0 saturated heterocycles. The number of carbonyl (C=O) groups excluding carboxylic acids is 1. The molecule has 0 aliphatic heterocycles. The minimum atomic E-state index is -4.73. The number of ether oxygens (including phenoxy) is 1. The van der Waals surface area contributed by atoms with Crippen LogP contribution >= 0.6 is 36.6 Å². The van der Waals surface area contributed by atoms with E-state index in [0.29, 0.717) is 6.07 Å². The van der Waals surface area contributed by atoms with Crippen molar-refractivity contribution in [1.29, 1.82) is 5.41 Å². The average Bonchev–Trinajstić information content (AvgIpc) is 2.61. The molecular formula is C19H23Cl2F3N4O2S. The molecule has 0 atom stereocenters. The lowest BCUT2D eigenvalue weighted by molar-refractivity contribution is -0.138. The molecule has 0 aliphatic carbocycles. The Morgan fingerprint density at radius 2 is 1.77 bits per heavy atom. The van der Waals surface area contributed by atoms with E-state index in [1.165, 1.54) is 6.07 Å². The van der Waals surface area contributed by atoms with Gasteiger partial charge in [0.05, 0.1) is 5.56 Å². The monoisotopic (exact) mass is 498 g/mol. The second-order valence-electron chi connectivity index (χ2n) is 6.30. The summed E-state index contributed by atoms with van der Waals surface area (Å²) in [6, 6.07) is 9.64. The minimum absolute atomic E-state index is 0. The molecule has 0 bridgehead atoms. The van der Waals surface area contributed by atoms with Gasteiger partial charge in [0, 0.05) is 22.8 Å². The summed E-state index contributed by atoms with van der Waals surface area (Å²) in [5.41, 5.74) is 3.66. The summed E-state index contributed by atoms with van der Waals surface area (Å²) in [5, 5.41) is 8.96. The van der Waals surface area contributed by atoms with Gasteiger partial charge in [-0.2, -0.15) is 13.2 Å². The SMILES string of the molecule is CN(C)CCSc1ccc(Oc2ccc(C(=O)NC(=N)N)cc2C(F)(F)F)cc1.Cl.Cl. The van der Waals surface area contributed by atoms with Gasteiger partial charge in [-0.15, -0.1) is 36.6 Å². The highest BCUT2D eigenvalue weighted by Gasteiger charge is 2.35. The van der Waals surface area contributed by atoms with Crippen LogP contribution in [0.15, 0.2) is 47.4 Å². The Bertz CT molecular complexity index is 881. The van der Waals surface area contributed by atoms with Crippen molar-refractivity contribution in [3.05, 3.63) is 53.6 Å². The quantitative estimate of drug-likeness (QED) is 0.294. The lowest BCUT2D eigenvalue weighted by atomic mass is 10.1. The highest BCUT2D eigenvalue weighted by molar-refractivity contribution is 7.99. The Morgan fingerprint density at radius 1 is 1.16 bits per heavy atom. The normalized spacial score (nSPS) is 10.6. The van der Waals surface area contributed by atoms with Crippen molar-refractivity contribution in [2.45, 2.75) is 11.1 Å². The van der Waals surface area contributed by atoms with E-state index in [4.69, 9.17) is 15.9 Å². The van der Waals surface area contributed by atoms with Crippen molar-refractivity contribution in [3.8, 4) is 11.5 Å². The summed E-state index contributed by atoms with van der Waals surface area (Å²) in [6.45, 7) is 0.904. The predicted molar refractivity (Wildman–Crippen MR) is 121 cm³/mol. The smallest absolute Gasteiger partial charge is 0.420 e. The van der Waals surface area contributed by atoms with E-state index in [1.54, 1.807) is 36.0 Å². The number of thioether (sulfide) groups is 1. The average molecular weight is 499 g/mol. The number of rotatable bonds is 7. The first-order chi connectivity index (χ1) is 13.6. The largest absolute Gasteiger partial charge is 0.457 e. The zero-order valence-corrected chi connectivity index (χ0v) is 19.1. The summed E-state index contributed by atoms with van der Waals surface area (Å²) in [5.74, 6) is -0.866. The minimum Gasteiger partial charge on any atom is -0.457 e. The van der Waals surface area contributed by atoms with Gasteiger partial charge in [0.2, 0.25) is 0 Å². The van der Waals surface area contributed by atoms with E-state index in [2.05, 4.69) is 4.90 Å². The molecule has 0 spiro atoms. The Hall–Kier alpha value is -2.14. The van der Waals surface area contributed by atoms with Crippen LogP contribution in [0.1, 0.15) is 15.9 Å². The van der Waals surface area contributed by atoms with Gasteiger partial charge in [0.1, 0.15) is 11.5 Å². The van der Waals surface area contributed by atoms with E-state index in [0.717, 1.165) is 23.3 Å². The second kappa shape index (κ2) is 12.7. The molecule has 0 saturated carbocycles. The Kier molecular flexibility index (Phi) is 11.8. The summed E-state index contributed by atoms with van der Waals surface area (Å²) < 4.78 is 45.7. The standard InChI is InChI=1S/C19H21F3N4O2S.2ClH/c1-26(2)9-10-29-14-6-4-13(5-7-14)28-16-8-3-12(17(27)25-18(23)24)11-15(16)19(20,21)22;;/h3-8,11H,9-10H2,1-2H3,(H4,23,24,25,27);2*1H. The van der Waals surface area contributed by atoms with Crippen LogP contribution in [0, 0.1) is 5.41 Å². The van der Waals surface area contributed by atoms with Gasteiger partial charge in [0.15, 0.2) is 5.96 Å². The van der Waals surface area contributed by atoms with Crippen molar-refractivity contribution in [2.75, 3.05) is 26.4 Å². The van der Waals surface area contributed by atoms with Crippen LogP contribution < -0.4 is 15.8 Å². The molecule has 2 aromatic rings. The molecule has 0 aliphatic rings. The summed E-state index contributed by atoms with van der Waals surface area (Å²) in [4.78, 5) is 14.9. The van der Waals surface area contributed by atoms with Crippen LogP contribution in [0.3, 0.4) is 0 Å². The number of nitrogens with one attached hydrogen (secondary N) is 2. The number of nitrogens with zero attached hydrogens (tertiary/aromatic N) is 1. The highest BCUT2D eigenvalue weighted by atomic mass is 35.5. The lowest BCUT2D eigenvalue weighted by Gasteiger charge is -2.15. The number of hydrogen-bond donors (Lipinski definition) is 3. The fourth-order valence-corrected chi connectivity index (χ4v) is 3.27. The third kappa shape index (κ3) is 9.26. The molecule has 6 nitrogen and oxygen atoms in total. The molecule has 0 heterocycles. The summed E-state index contributed by atoms with van der Waals surface area (Å²) in [7, 11) is 3.95. The second-order valence-corrected chi connectivity index (χ2v) is 7.47. The van der Waals surface area contributed by atoms with Crippen molar-refractivity contribution < 1.29 is 22.7 Å². The van der Waals surface area contributed by atoms with E-state index in [9.17, 15) is 18.0 Å². The van der Waals surface area contributed by atoms with Gasteiger partial charge in [-0.3, -0.25) is 15.5 Å². The lowest BCUT2D eigenvalue weighted by Crippen LogP contribution is -2.35. The molecular weight excluding hydrogens is 476 g/mol. The van der Waals surface area contributed by atoms with Gasteiger partial charge >= 0.3 is 6.18 Å². The van der Waals surface area contributed by atoms with Crippen LogP contribution in [-0.2, 0) is 6.18 Å². The van der Waals surface area contributed by atoms with E-state index >= 15 is 0 Å². The highest BCUT2D eigenvalue weighted by Crippen LogP contribution is 2.39. The van der Waals surface area contributed by atoms with Crippen molar-refractivity contribution in [3.63, 3.8) is 0 Å². The number of nitrogens with two attached hydrogens (primary N) is 1. The number of alkyl halides is 3.